The predicted molar refractivity (Wildman–Crippen MR) is 88.5 cm³/mol. The Hall–Kier alpha value is -2.82. The van der Waals surface area contributed by atoms with E-state index in [0.717, 1.165) is 5.56 Å². The third kappa shape index (κ3) is 3.04. The topological polar surface area (TPSA) is 64.2 Å². The van der Waals surface area contributed by atoms with Gasteiger partial charge in [-0.3, -0.25) is 9.36 Å². The first kappa shape index (κ1) is 15.1. The van der Waals surface area contributed by atoms with Crippen molar-refractivity contribution >= 4 is 17.0 Å². The van der Waals surface area contributed by atoms with Gasteiger partial charge in [0.1, 0.15) is 0 Å². The van der Waals surface area contributed by atoms with Gasteiger partial charge < -0.3 is 9.73 Å². The number of oxazole rings is 1. The van der Waals surface area contributed by atoms with E-state index in [-0.39, 0.29) is 5.91 Å². The van der Waals surface area contributed by atoms with E-state index in [4.69, 9.17) is 4.42 Å². The first-order chi connectivity index (χ1) is 11.1. The van der Waals surface area contributed by atoms with Crippen LogP contribution in [-0.4, -0.2) is 10.5 Å². The Morgan fingerprint density at radius 2 is 1.91 bits per heavy atom. The van der Waals surface area contributed by atoms with E-state index in [9.17, 15) is 9.59 Å². The number of carbonyl (C=O) groups is 1. The minimum absolute atomic E-state index is 0.177. The van der Waals surface area contributed by atoms with Gasteiger partial charge in [-0.05, 0) is 37.6 Å². The molecule has 0 saturated carbocycles. The van der Waals surface area contributed by atoms with Crippen molar-refractivity contribution in [3.05, 3.63) is 69.7 Å². The van der Waals surface area contributed by atoms with Crippen molar-refractivity contribution in [1.29, 1.82) is 0 Å². The van der Waals surface area contributed by atoms with E-state index in [1.165, 1.54) is 10.1 Å². The summed E-state index contributed by atoms with van der Waals surface area (Å²) >= 11 is 0. The van der Waals surface area contributed by atoms with E-state index in [1.54, 1.807) is 18.2 Å². The highest BCUT2D eigenvalue weighted by atomic mass is 16.4. The molecular weight excluding hydrogens is 292 g/mol. The van der Waals surface area contributed by atoms with Crippen LogP contribution in [-0.2, 0) is 13.1 Å². The van der Waals surface area contributed by atoms with Crippen molar-refractivity contribution in [3.63, 3.8) is 0 Å². The number of nitrogens with one attached hydrogen (secondary N) is 1. The molecule has 0 unspecified atom stereocenters. The molecule has 1 N–H and O–H groups in total. The molecule has 5 nitrogen and oxygen atoms in total. The number of aryl methyl sites for hydroxylation is 2. The second kappa shape index (κ2) is 6.12. The lowest BCUT2D eigenvalue weighted by Crippen LogP contribution is -2.22. The fourth-order valence-corrected chi connectivity index (χ4v) is 2.49. The van der Waals surface area contributed by atoms with Gasteiger partial charge in [-0.1, -0.05) is 29.8 Å². The monoisotopic (exact) mass is 310 g/mol. The summed E-state index contributed by atoms with van der Waals surface area (Å²) in [6.45, 7) is 4.85. The number of hydrogen-bond donors (Lipinski definition) is 1. The van der Waals surface area contributed by atoms with E-state index in [2.05, 4.69) is 5.32 Å². The Kier molecular flexibility index (Phi) is 4.02. The number of nitrogens with zero attached hydrogens (tertiary/aromatic N) is 1. The predicted octanol–water partition coefficient (Wildman–Crippen LogP) is 2.85. The zero-order valence-corrected chi connectivity index (χ0v) is 13.1. The largest absolute Gasteiger partial charge is 0.419 e. The van der Waals surface area contributed by atoms with Crippen LogP contribution in [0.2, 0.25) is 0 Å². The Labute approximate surface area is 133 Å². The molecular formula is C18H18N2O3. The lowest BCUT2D eigenvalue weighted by molar-refractivity contribution is 0.0951. The molecule has 0 saturated heterocycles. The molecule has 0 spiro atoms. The number of carbonyl (C=O) groups excluding carboxylic acids is 1. The maximum absolute atomic E-state index is 12.3. The van der Waals surface area contributed by atoms with Gasteiger partial charge in [0.25, 0.3) is 5.91 Å². The summed E-state index contributed by atoms with van der Waals surface area (Å²) in [5, 5.41) is 2.89. The number of aromatic nitrogens is 1. The molecule has 118 valence electrons. The summed E-state index contributed by atoms with van der Waals surface area (Å²) in [5.41, 5.74) is 3.86. The van der Waals surface area contributed by atoms with Crippen LogP contribution < -0.4 is 11.1 Å². The highest BCUT2D eigenvalue weighted by molar-refractivity contribution is 5.97. The minimum Gasteiger partial charge on any atom is -0.408 e. The van der Waals surface area contributed by atoms with Gasteiger partial charge in [0.2, 0.25) is 0 Å². The van der Waals surface area contributed by atoms with E-state index in [1.807, 2.05) is 38.1 Å². The van der Waals surface area contributed by atoms with E-state index >= 15 is 0 Å². The molecule has 3 rings (SSSR count). The van der Waals surface area contributed by atoms with Crippen molar-refractivity contribution in [3.8, 4) is 0 Å². The molecule has 0 bridgehead atoms. The Balaban J connectivity index is 1.80. The molecule has 0 aliphatic heterocycles. The van der Waals surface area contributed by atoms with Crippen LogP contribution in [0, 0.1) is 6.92 Å². The van der Waals surface area contributed by atoms with Gasteiger partial charge in [0.05, 0.1) is 5.52 Å². The van der Waals surface area contributed by atoms with Crippen LogP contribution in [0.3, 0.4) is 0 Å². The molecule has 0 atom stereocenters. The summed E-state index contributed by atoms with van der Waals surface area (Å²) in [4.78, 5) is 24.0. The van der Waals surface area contributed by atoms with Gasteiger partial charge in [0, 0.05) is 18.7 Å². The lowest BCUT2D eigenvalue weighted by atomic mass is 10.1. The molecule has 0 aliphatic carbocycles. The van der Waals surface area contributed by atoms with Crippen molar-refractivity contribution in [1.82, 2.24) is 9.88 Å². The second-order valence-electron chi connectivity index (χ2n) is 5.46. The van der Waals surface area contributed by atoms with Crippen LogP contribution >= 0.6 is 0 Å². The molecule has 0 radical (unpaired) electrons. The molecule has 1 heterocycles. The number of rotatable bonds is 4. The van der Waals surface area contributed by atoms with Gasteiger partial charge >= 0.3 is 5.76 Å². The maximum Gasteiger partial charge on any atom is 0.419 e. The van der Waals surface area contributed by atoms with Gasteiger partial charge in [-0.25, -0.2) is 4.79 Å². The Bertz CT molecular complexity index is 904. The van der Waals surface area contributed by atoms with Gasteiger partial charge in [0.15, 0.2) is 5.58 Å². The van der Waals surface area contributed by atoms with E-state index in [0.29, 0.717) is 29.8 Å². The minimum atomic E-state index is -0.403. The van der Waals surface area contributed by atoms with Crippen LogP contribution in [0.15, 0.2) is 51.7 Å². The average Bonchev–Trinajstić information content (AvgIpc) is 2.88. The summed E-state index contributed by atoms with van der Waals surface area (Å²) < 4.78 is 6.65. The number of amides is 1. The highest BCUT2D eigenvalue weighted by Crippen LogP contribution is 2.15. The second-order valence-corrected chi connectivity index (χ2v) is 5.46. The van der Waals surface area contributed by atoms with Gasteiger partial charge in [-0.2, -0.15) is 0 Å². The molecule has 5 heteroatoms. The molecule has 1 aromatic heterocycles. The molecule has 0 fully saturated rings. The Morgan fingerprint density at radius 3 is 2.61 bits per heavy atom. The average molecular weight is 310 g/mol. The van der Waals surface area contributed by atoms with Crippen LogP contribution in [0.5, 0.6) is 0 Å². The summed E-state index contributed by atoms with van der Waals surface area (Å²) in [6.07, 6.45) is 0. The third-order valence-electron chi connectivity index (χ3n) is 3.82. The molecule has 0 aliphatic rings. The zero-order valence-electron chi connectivity index (χ0n) is 13.1. The lowest BCUT2D eigenvalue weighted by Gasteiger charge is -2.06. The maximum atomic E-state index is 12.3. The molecule has 2 aromatic carbocycles. The molecule has 23 heavy (non-hydrogen) atoms. The van der Waals surface area contributed by atoms with Gasteiger partial charge in [-0.15, -0.1) is 0 Å². The third-order valence-corrected chi connectivity index (χ3v) is 3.82. The Morgan fingerprint density at radius 1 is 1.17 bits per heavy atom. The van der Waals surface area contributed by atoms with Crippen molar-refractivity contribution in [2.24, 2.45) is 0 Å². The number of hydrogen-bond acceptors (Lipinski definition) is 3. The first-order valence-electron chi connectivity index (χ1n) is 7.55. The van der Waals surface area contributed by atoms with Crippen LogP contribution in [0.4, 0.5) is 0 Å². The first-order valence-corrected chi connectivity index (χ1v) is 7.55. The van der Waals surface area contributed by atoms with Crippen LogP contribution in [0.1, 0.15) is 28.4 Å². The molecule has 3 aromatic rings. The van der Waals surface area contributed by atoms with Crippen molar-refractivity contribution in [2.45, 2.75) is 26.9 Å². The van der Waals surface area contributed by atoms with Crippen molar-refractivity contribution < 1.29 is 9.21 Å². The summed E-state index contributed by atoms with van der Waals surface area (Å²) in [5.74, 6) is -0.580. The smallest absolute Gasteiger partial charge is 0.408 e. The van der Waals surface area contributed by atoms with E-state index < -0.39 is 5.76 Å². The summed E-state index contributed by atoms with van der Waals surface area (Å²) in [7, 11) is 0. The SMILES string of the molecule is CCn1c(=O)oc2ccc(C(=O)NCc3ccc(C)cc3)cc21. The highest BCUT2D eigenvalue weighted by Gasteiger charge is 2.12. The van der Waals surface area contributed by atoms with Crippen molar-refractivity contribution in [2.75, 3.05) is 0 Å². The normalized spacial score (nSPS) is 10.9. The summed E-state index contributed by atoms with van der Waals surface area (Å²) in [6, 6.07) is 13.0. The quantitative estimate of drug-likeness (QED) is 0.806. The molecule has 1 amide bonds. The fraction of sp³-hybridized carbons (Fsp3) is 0.222. The number of fused-ring (bicyclic) bond motifs is 1. The van der Waals surface area contributed by atoms with Crippen LogP contribution in [0.25, 0.3) is 11.1 Å². The fourth-order valence-electron chi connectivity index (χ4n) is 2.49. The number of benzene rings is 2. The standard InChI is InChI=1S/C18H18N2O3/c1-3-20-15-10-14(8-9-16(15)23-18(20)22)17(21)19-11-13-6-4-12(2)5-7-13/h4-10H,3,11H2,1-2H3,(H,19,21). The zero-order chi connectivity index (χ0) is 16.4.